The van der Waals surface area contributed by atoms with Crippen LogP contribution in [0.25, 0.3) is 11.0 Å². The smallest absolute Gasteiger partial charge is 0.253 e. The van der Waals surface area contributed by atoms with Crippen molar-refractivity contribution in [2.75, 3.05) is 63.7 Å². The van der Waals surface area contributed by atoms with Gasteiger partial charge in [0.1, 0.15) is 23.3 Å². The normalized spacial score (nSPS) is 16.9. The van der Waals surface area contributed by atoms with Crippen LogP contribution in [0.4, 0.5) is 17.5 Å². The number of aromatic nitrogens is 3. The minimum atomic E-state index is 0.00722. The van der Waals surface area contributed by atoms with E-state index in [0.29, 0.717) is 58.0 Å². The Balaban J connectivity index is 1.30. The van der Waals surface area contributed by atoms with Gasteiger partial charge in [0.15, 0.2) is 0 Å². The molecule has 2 aliphatic heterocycles. The molecule has 5 rings (SSSR count). The average Bonchev–Trinajstić information content (AvgIpc) is 3.37. The Morgan fingerprint density at radius 2 is 2.03 bits per heavy atom. The van der Waals surface area contributed by atoms with Gasteiger partial charge in [-0.2, -0.15) is 15.2 Å². The Morgan fingerprint density at radius 3 is 2.73 bits per heavy atom. The van der Waals surface area contributed by atoms with Gasteiger partial charge in [0.05, 0.1) is 37.0 Å². The van der Waals surface area contributed by atoms with Gasteiger partial charge in [-0.25, -0.2) is 0 Å². The van der Waals surface area contributed by atoms with E-state index in [1.807, 2.05) is 17.9 Å². The lowest BCUT2D eigenvalue weighted by Gasteiger charge is -2.40. The van der Waals surface area contributed by atoms with Crippen molar-refractivity contribution < 1.29 is 14.3 Å². The van der Waals surface area contributed by atoms with E-state index >= 15 is 0 Å². The van der Waals surface area contributed by atoms with Crippen molar-refractivity contribution in [2.45, 2.75) is 25.8 Å². The summed E-state index contributed by atoms with van der Waals surface area (Å²) in [5.74, 6) is 1.44. The monoisotopic (exact) mass is 504 g/mol. The summed E-state index contributed by atoms with van der Waals surface area (Å²) >= 11 is 0. The Kier molecular flexibility index (Phi) is 7.39. The summed E-state index contributed by atoms with van der Waals surface area (Å²) in [6.07, 6.45) is 3.57. The number of piperidine rings is 1. The number of hydrogen-bond acceptors (Lipinski definition) is 9. The largest absolute Gasteiger partial charge is 0.495 e. The first kappa shape index (κ1) is 24.8. The maximum absolute atomic E-state index is 13.3. The molecule has 0 atom stereocenters. The van der Waals surface area contributed by atoms with Crippen LogP contribution in [-0.4, -0.2) is 89.7 Å². The van der Waals surface area contributed by atoms with Crippen molar-refractivity contribution in [1.29, 1.82) is 5.26 Å². The molecule has 37 heavy (non-hydrogen) atoms. The molecule has 11 nitrogen and oxygen atoms in total. The maximum Gasteiger partial charge on any atom is 0.253 e. The van der Waals surface area contributed by atoms with Gasteiger partial charge in [0, 0.05) is 50.5 Å². The lowest BCUT2D eigenvalue weighted by molar-refractivity contribution is 0.00159. The van der Waals surface area contributed by atoms with E-state index in [4.69, 9.17) is 9.47 Å². The summed E-state index contributed by atoms with van der Waals surface area (Å²) < 4.78 is 11.1. The molecule has 2 saturated heterocycles. The molecule has 0 unspecified atom stereocenters. The van der Waals surface area contributed by atoms with E-state index < -0.39 is 0 Å². The molecule has 4 heterocycles. The standard InChI is InChI=1S/C26H32N8O3/c1-3-28-23-22-18(15-27)16-29-24(22)32-26(31-23)30-20-5-4-17(14-21(20)36-2)25(35)34-8-6-19(7-9-34)33-10-12-37-13-11-33/h4-5,14,16,19H,3,6-13H2,1-2H3,(H3,28,29,30,31,32). The predicted molar refractivity (Wildman–Crippen MR) is 140 cm³/mol. The number of nitrogens with one attached hydrogen (secondary N) is 3. The highest BCUT2D eigenvalue weighted by Gasteiger charge is 2.28. The van der Waals surface area contributed by atoms with Gasteiger partial charge in [-0.05, 0) is 38.0 Å². The summed E-state index contributed by atoms with van der Waals surface area (Å²) in [6.45, 7) is 7.62. The fraction of sp³-hybridized carbons (Fsp3) is 0.462. The first-order valence-corrected chi connectivity index (χ1v) is 12.7. The lowest BCUT2D eigenvalue weighted by Crippen LogP contribution is -2.50. The topological polar surface area (TPSA) is 131 Å². The Hall–Kier alpha value is -3.88. The minimum Gasteiger partial charge on any atom is -0.495 e. The highest BCUT2D eigenvalue weighted by molar-refractivity contribution is 5.96. The number of likely N-dealkylation sites (tertiary alicyclic amines) is 1. The van der Waals surface area contributed by atoms with Gasteiger partial charge < -0.3 is 30.0 Å². The number of anilines is 3. The minimum absolute atomic E-state index is 0.00722. The van der Waals surface area contributed by atoms with E-state index in [1.165, 1.54) is 0 Å². The summed E-state index contributed by atoms with van der Waals surface area (Å²) in [6, 6.07) is 8.04. The number of ether oxygens (including phenoxy) is 2. The molecule has 0 bridgehead atoms. The second kappa shape index (κ2) is 11.0. The van der Waals surface area contributed by atoms with Gasteiger partial charge in [-0.15, -0.1) is 0 Å². The molecule has 1 amide bonds. The molecular formula is C26H32N8O3. The van der Waals surface area contributed by atoms with Crippen molar-refractivity contribution >= 4 is 34.4 Å². The van der Waals surface area contributed by atoms with Crippen LogP contribution in [0.2, 0.25) is 0 Å². The van der Waals surface area contributed by atoms with Crippen LogP contribution in [-0.2, 0) is 4.74 Å². The average molecular weight is 505 g/mol. The number of fused-ring (bicyclic) bond motifs is 1. The van der Waals surface area contributed by atoms with E-state index in [-0.39, 0.29) is 5.91 Å². The predicted octanol–water partition coefficient (Wildman–Crippen LogP) is 2.95. The second-order valence-electron chi connectivity index (χ2n) is 9.18. The molecule has 2 fully saturated rings. The third-order valence-corrected chi connectivity index (χ3v) is 7.00. The Morgan fingerprint density at radius 1 is 1.24 bits per heavy atom. The maximum atomic E-state index is 13.3. The van der Waals surface area contributed by atoms with Crippen molar-refractivity contribution in [3.63, 3.8) is 0 Å². The highest BCUT2D eigenvalue weighted by Crippen LogP contribution is 2.31. The van der Waals surface area contributed by atoms with Crippen molar-refractivity contribution in [2.24, 2.45) is 0 Å². The molecule has 0 saturated carbocycles. The number of methoxy groups -OCH3 is 1. The van der Waals surface area contributed by atoms with Crippen LogP contribution < -0.4 is 15.4 Å². The van der Waals surface area contributed by atoms with Gasteiger partial charge in [0.2, 0.25) is 5.95 Å². The van der Waals surface area contributed by atoms with Crippen molar-refractivity contribution in [1.82, 2.24) is 24.8 Å². The zero-order valence-corrected chi connectivity index (χ0v) is 21.2. The first-order valence-electron chi connectivity index (χ1n) is 12.7. The van der Waals surface area contributed by atoms with Crippen molar-refractivity contribution in [3.05, 3.63) is 35.5 Å². The van der Waals surface area contributed by atoms with Gasteiger partial charge in [-0.3, -0.25) is 9.69 Å². The molecule has 0 spiro atoms. The number of aromatic amines is 1. The zero-order chi connectivity index (χ0) is 25.8. The van der Waals surface area contributed by atoms with E-state index in [2.05, 4.69) is 36.6 Å². The van der Waals surface area contributed by atoms with E-state index in [0.717, 1.165) is 52.2 Å². The van der Waals surface area contributed by atoms with Gasteiger partial charge in [0.25, 0.3) is 5.91 Å². The molecular weight excluding hydrogens is 472 g/mol. The number of H-pyrrole nitrogens is 1. The van der Waals surface area contributed by atoms with E-state index in [1.54, 1.807) is 25.4 Å². The molecule has 2 aromatic heterocycles. The number of hydrogen-bond donors (Lipinski definition) is 3. The molecule has 2 aliphatic rings. The first-order chi connectivity index (χ1) is 18.1. The highest BCUT2D eigenvalue weighted by atomic mass is 16.5. The second-order valence-corrected chi connectivity index (χ2v) is 9.18. The van der Waals surface area contributed by atoms with Crippen molar-refractivity contribution in [3.8, 4) is 11.8 Å². The molecule has 1 aromatic carbocycles. The lowest BCUT2D eigenvalue weighted by atomic mass is 10.0. The summed E-state index contributed by atoms with van der Waals surface area (Å²) in [4.78, 5) is 29.8. The fourth-order valence-electron chi connectivity index (χ4n) is 5.08. The van der Waals surface area contributed by atoms with E-state index in [9.17, 15) is 10.1 Å². The number of nitrogens with zero attached hydrogens (tertiary/aromatic N) is 5. The summed E-state index contributed by atoms with van der Waals surface area (Å²) in [7, 11) is 1.57. The van der Waals surface area contributed by atoms with Gasteiger partial charge in [-0.1, -0.05) is 0 Å². The van der Waals surface area contributed by atoms with Crippen LogP contribution in [0, 0.1) is 11.3 Å². The molecule has 11 heteroatoms. The quantitative estimate of drug-likeness (QED) is 0.444. The molecule has 0 radical (unpaired) electrons. The van der Waals surface area contributed by atoms with Gasteiger partial charge >= 0.3 is 0 Å². The number of morpholine rings is 1. The van der Waals surface area contributed by atoms with Crippen LogP contribution >= 0.6 is 0 Å². The van der Waals surface area contributed by atoms with Crippen LogP contribution in [0.3, 0.4) is 0 Å². The summed E-state index contributed by atoms with van der Waals surface area (Å²) in [5, 5.41) is 16.5. The summed E-state index contributed by atoms with van der Waals surface area (Å²) in [5.41, 5.74) is 2.25. The number of carbonyl (C=O) groups is 1. The van der Waals surface area contributed by atoms with Crippen LogP contribution in [0.1, 0.15) is 35.7 Å². The molecule has 3 N–H and O–H groups in total. The number of nitriles is 1. The van der Waals surface area contributed by atoms with Crippen LogP contribution in [0.15, 0.2) is 24.4 Å². The molecule has 0 aliphatic carbocycles. The number of rotatable bonds is 7. The van der Waals surface area contributed by atoms with Crippen LogP contribution in [0.5, 0.6) is 5.75 Å². The number of benzene rings is 1. The number of carbonyl (C=O) groups excluding carboxylic acids is 1. The Bertz CT molecular complexity index is 1300. The fourth-order valence-corrected chi connectivity index (χ4v) is 5.08. The molecule has 3 aromatic rings. The third kappa shape index (κ3) is 5.16. The third-order valence-electron chi connectivity index (χ3n) is 7.00. The molecule has 194 valence electrons. The Labute approximate surface area is 215 Å². The zero-order valence-electron chi connectivity index (χ0n) is 21.2. The number of amides is 1. The SMILES string of the molecule is CCNc1nc(Nc2ccc(C(=O)N3CCC(N4CCOCC4)CC3)cc2OC)nc2[nH]cc(C#N)c12.